The summed E-state index contributed by atoms with van der Waals surface area (Å²) in [7, 11) is 0. The molecule has 6 heteroatoms. The van der Waals surface area contributed by atoms with Gasteiger partial charge in [-0.3, -0.25) is 4.79 Å². The van der Waals surface area contributed by atoms with Gasteiger partial charge in [0.1, 0.15) is 5.75 Å². The number of fused-ring (bicyclic) bond motifs is 1. The molecule has 1 aliphatic heterocycles. The largest absolute Gasteiger partial charge is 0.481 e. The zero-order valence-corrected chi connectivity index (χ0v) is 14.0. The van der Waals surface area contributed by atoms with Crippen molar-refractivity contribution < 1.29 is 19.4 Å². The number of amides is 2. The van der Waals surface area contributed by atoms with Crippen LogP contribution in [0.15, 0.2) is 54.6 Å². The number of anilines is 1. The van der Waals surface area contributed by atoms with E-state index >= 15 is 0 Å². The molecule has 0 bridgehead atoms. The molecular weight excluding hydrogens is 320 g/mol. The molecule has 0 aliphatic carbocycles. The van der Waals surface area contributed by atoms with Gasteiger partial charge in [0.05, 0.1) is 5.69 Å². The fourth-order valence-corrected chi connectivity index (χ4v) is 3.07. The molecule has 0 radical (unpaired) electrons. The fraction of sp³-hybridized carbons (Fsp3) is 0.263. The maximum Gasteiger partial charge on any atom is 0.405 e. The van der Waals surface area contributed by atoms with Crippen molar-refractivity contribution >= 4 is 17.7 Å². The van der Waals surface area contributed by atoms with Gasteiger partial charge in [0.15, 0.2) is 12.1 Å². The van der Waals surface area contributed by atoms with Gasteiger partial charge in [-0.05, 0) is 31.5 Å². The molecular formula is C19H20N2O4. The number of carboxylic acid groups (broad SMARTS) is 1. The molecule has 25 heavy (non-hydrogen) atoms. The molecule has 0 aromatic heterocycles. The van der Waals surface area contributed by atoms with Gasteiger partial charge in [0.2, 0.25) is 0 Å². The number of benzene rings is 2. The Kier molecular flexibility index (Phi) is 4.61. The number of hydrogen-bond donors (Lipinski definition) is 2. The zero-order valence-electron chi connectivity index (χ0n) is 14.0. The van der Waals surface area contributed by atoms with E-state index in [1.54, 1.807) is 17.0 Å². The molecule has 2 atom stereocenters. The molecule has 0 unspecified atom stereocenters. The first-order valence-corrected chi connectivity index (χ1v) is 8.12. The minimum Gasteiger partial charge on any atom is -0.481 e. The molecule has 1 heterocycles. The molecule has 6 nitrogen and oxygen atoms in total. The number of carbonyl (C=O) groups is 2. The van der Waals surface area contributed by atoms with E-state index in [-0.39, 0.29) is 11.9 Å². The second-order valence-electron chi connectivity index (χ2n) is 6.15. The minimum atomic E-state index is -1.27. The van der Waals surface area contributed by atoms with E-state index in [1.165, 1.54) is 0 Å². The summed E-state index contributed by atoms with van der Waals surface area (Å²) in [6.07, 6.45) is -2.02. The Balaban J connectivity index is 2.14. The lowest BCUT2D eigenvalue weighted by atomic mass is 10.0. The minimum absolute atomic E-state index is 0.148. The number of hydrogen-bond acceptors (Lipinski definition) is 3. The number of nitrogens with one attached hydrogen (secondary N) is 1. The summed E-state index contributed by atoms with van der Waals surface area (Å²) >= 11 is 0. The molecule has 0 fully saturated rings. The van der Waals surface area contributed by atoms with Crippen molar-refractivity contribution in [3.8, 4) is 5.75 Å². The summed E-state index contributed by atoms with van der Waals surface area (Å²) in [6.45, 7) is 3.77. The van der Waals surface area contributed by atoms with E-state index in [9.17, 15) is 14.7 Å². The first-order valence-electron chi connectivity index (χ1n) is 8.12. The highest BCUT2D eigenvalue weighted by atomic mass is 16.5. The highest BCUT2D eigenvalue weighted by molar-refractivity contribution is 6.01. The predicted octanol–water partition coefficient (Wildman–Crippen LogP) is 3.20. The highest BCUT2D eigenvalue weighted by Gasteiger charge is 2.41. The van der Waals surface area contributed by atoms with Gasteiger partial charge in [-0.25, -0.2) is 4.79 Å². The lowest BCUT2D eigenvalue weighted by Gasteiger charge is -2.29. The second-order valence-corrected chi connectivity index (χ2v) is 6.15. The van der Waals surface area contributed by atoms with Crippen molar-refractivity contribution in [2.75, 3.05) is 4.90 Å². The van der Waals surface area contributed by atoms with E-state index in [0.29, 0.717) is 11.4 Å². The van der Waals surface area contributed by atoms with E-state index in [4.69, 9.17) is 4.74 Å². The maximum atomic E-state index is 13.2. The molecule has 0 spiro atoms. The van der Waals surface area contributed by atoms with Crippen LogP contribution < -0.4 is 15.0 Å². The third-order valence-electron chi connectivity index (χ3n) is 4.11. The van der Waals surface area contributed by atoms with Crippen molar-refractivity contribution in [2.24, 2.45) is 0 Å². The van der Waals surface area contributed by atoms with Crippen molar-refractivity contribution in [3.05, 3.63) is 60.2 Å². The Morgan fingerprint density at radius 3 is 2.40 bits per heavy atom. The predicted molar refractivity (Wildman–Crippen MR) is 93.8 cm³/mol. The van der Waals surface area contributed by atoms with Crippen LogP contribution in [0.1, 0.15) is 25.5 Å². The van der Waals surface area contributed by atoms with Crippen LogP contribution >= 0.6 is 0 Å². The normalized spacial score (nSPS) is 19.8. The van der Waals surface area contributed by atoms with Crippen LogP contribution in [-0.2, 0) is 4.79 Å². The first kappa shape index (κ1) is 16.8. The van der Waals surface area contributed by atoms with Crippen molar-refractivity contribution in [2.45, 2.75) is 32.0 Å². The standard InChI is InChI=1S/C19H20N2O4/c1-12(2)21-14-10-6-7-11-15(14)25-17(13-8-4-3-5-9-13)16(18(21)22)20-19(23)24/h3-12,16-17,20H,1-2H3,(H,23,24)/t16-,17+/m0/s1. The topological polar surface area (TPSA) is 78.9 Å². The Hall–Kier alpha value is -3.02. The SMILES string of the molecule is CC(C)N1C(=O)[C@@H](NC(=O)O)[C@@H](c2ccccc2)Oc2ccccc21. The molecule has 2 aromatic carbocycles. The summed E-state index contributed by atoms with van der Waals surface area (Å²) in [5.41, 5.74) is 1.37. The van der Waals surface area contributed by atoms with E-state index in [0.717, 1.165) is 5.56 Å². The van der Waals surface area contributed by atoms with Crippen LogP contribution in [0.3, 0.4) is 0 Å². The van der Waals surface area contributed by atoms with Crippen LogP contribution in [0, 0.1) is 0 Å². The van der Waals surface area contributed by atoms with E-state index in [2.05, 4.69) is 5.32 Å². The van der Waals surface area contributed by atoms with Gasteiger partial charge in [-0.2, -0.15) is 0 Å². The van der Waals surface area contributed by atoms with Crippen LogP contribution in [0.4, 0.5) is 10.5 Å². The second kappa shape index (κ2) is 6.84. The lowest BCUT2D eigenvalue weighted by Crippen LogP contribution is -2.53. The summed E-state index contributed by atoms with van der Waals surface area (Å²) in [6, 6.07) is 15.2. The number of para-hydroxylation sites is 2. The third kappa shape index (κ3) is 3.28. The van der Waals surface area contributed by atoms with Crippen molar-refractivity contribution in [1.29, 1.82) is 0 Å². The van der Waals surface area contributed by atoms with Gasteiger partial charge < -0.3 is 20.1 Å². The quantitative estimate of drug-likeness (QED) is 0.899. The molecule has 0 saturated heterocycles. The van der Waals surface area contributed by atoms with Gasteiger partial charge in [0.25, 0.3) is 5.91 Å². The number of rotatable bonds is 3. The summed E-state index contributed by atoms with van der Waals surface area (Å²) < 4.78 is 6.12. The Labute approximate surface area is 146 Å². The van der Waals surface area contributed by atoms with Gasteiger partial charge in [-0.1, -0.05) is 42.5 Å². The smallest absolute Gasteiger partial charge is 0.405 e. The van der Waals surface area contributed by atoms with Crippen LogP contribution in [0.5, 0.6) is 5.75 Å². The fourth-order valence-electron chi connectivity index (χ4n) is 3.07. The van der Waals surface area contributed by atoms with Crippen LogP contribution in [0.25, 0.3) is 0 Å². The van der Waals surface area contributed by atoms with Crippen LogP contribution in [-0.4, -0.2) is 29.2 Å². The van der Waals surface area contributed by atoms with Crippen molar-refractivity contribution in [3.63, 3.8) is 0 Å². The van der Waals surface area contributed by atoms with E-state index < -0.39 is 18.2 Å². The van der Waals surface area contributed by atoms with E-state index in [1.807, 2.05) is 56.3 Å². The molecule has 1 aliphatic rings. The van der Waals surface area contributed by atoms with Crippen LogP contribution in [0.2, 0.25) is 0 Å². The Morgan fingerprint density at radius 1 is 1.12 bits per heavy atom. The number of nitrogens with zero attached hydrogens (tertiary/aromatic N) is 1. The Morgan fingerprint density at radius 2 is 1.76 bits per heavy atom. The first-order chi connectivity index (χ1) is 12.0. The van der Waals surface area contributed by atoms with Crippen molar-refractivity contribution in [1.82, 2.24) is 5.32 Å². The van der Waals surface area contributed by atoms with Gasteiger partial charge >= 0.3 is 6.09 Å². The zero-order chi connectivity index (χ0) is 18.0. The number of ether oxygens (including phenoxy) is 1. The molecule has 130 valence electrons. The summed E-state index contributed by atoms with van der Waals surface area (Å²) in [5, 5.41) is 11.6. The molecule has 2 N–H and O–H groups in total. The molecule has 2 amide bonds. The average molecular weight is 340 g/mol. The highest BCUT2D eigenvalue weighted by Crippen LogP contribution is 2.38. The third-order valence-corrected chi connectivity index (χ3v) is 4.11. The average Bonchev–Trinajstić information content (AvgIpc) is 2.70. The molecule has 0 saturated carbocycles. The molecule has 3 rings (SSSR count). The van der Waals surface area contributed by atoms with Gasteiger partial charge in [-0.15, -0.1) is 0 Å². The number of carbonyl (C=O) groups excluding carboxylic acids is 1. The summed E-state index contributed by atoms with van der Waals surface area (Å²) in [5.74, 6) is 0.212. The summed E-state index contributed by atoms with van der Waals surface area (Å²) in [4.78, 5) is 26.1. The lowest BCUT2D eigenvalue weighted by molar-refractivity contribution is -0.122. The van der Waals surface area contributed by atoms with Gasteiger partial charge in [0, 0.05) is 6.04 Å². The maximum absolute atomic E-state index is 13.2. The monoisotopic (exact) mass is 340 g/mol. The Bertz CT molecular complexity index is 776. The molecule has 2 aromatic rings.